The van der Waals surface area contributed by atoms with Crippen LogP contribution in [0, 0.1) is 5.82 Å². The molecule has 9 nitrogen and oxygen atoms in total. The zero-order chi connectivity index (χ0) is 21.4. The van der Waals surface area contributed by atoms with Gasteiger partial charge in [0.1, 0.15) is 29.7 Å². The SMILES string of the molecule is C/N=C(/N)O[C@H](CF)[C@H](F)c1nc(NC(=O)c2cnc(OCF)cn2)ccc1F. The average Bonchev–Trinajstić information content (AvgIpc) is 2.73. The Labute approximate surface area is 162 Å². The Bertz CT molecular complexity index is 868. The first-order valence-electron chi connectivity index (χ1n) is 7.97. The largest absolute Gasteiger partial charge is 0.456 e. The number of hydrogen-bond acceptors (Lipinski definition) is 7. The Balaban J connectivity index is 2.17. The van der Waals surface area contributed by atoms with Gasteiger partial charge in [0.25, 0.3) is 11.9 Å². The normalized spacial score (nSPS) is 13.5. The third-order valence-corrected chi connectivity index (χ3v) is 3.41. The fourth-order valence-electron chi connectivity index (χ4n) is 2.02. The van der Waals surface area contributed by atoms with E-state index >= 15 is 0 Å². The predicted octanol–water partition coefficient (Wildman–Crippen LogP) is 1.88. The minimum Gasteiger partial charge on any atom is -0.456 e. The number of nitrogens with two attached hydrogens (primary N) is 1. The minimum atomic E-state index is -2.34. The number of amidine groups is 1. The molecule has 0 bridgehead atoms. The summed E-state index contributed by atoms with van der Waals surface area (Å²) in [6, 6.07) is 1.41. The van der Waals surface area contributed by atoms with Crippen LogP contribution < -0.4 is 15.8 Å². The fraction of sp³-hybridized carbons (Fsp3) is 0.312. The zero-order valence-electron chi connectivity index (χ0n) is 15.0. The van der Waals surface area contributed by atoms with E-state index in [0.29, 0.717) is 0 Å². The lowest BCUT2D eigenvalue weighted by Gasteiger charge is -2.19. The van der Waals surface area contributed by atoms with Gasteiger partial charge in [0.05, 0.1) is 12.4 Å². The van der Waals surface area contributed by atoms with Gasteiger partial charge in [0.2, 0.25) is 12.7 Å². The van der Waals surface area contributed by atoms with E-state index in [1.54, 1.807) is 0 Å². The number of aliphatic imine (C=N–C) groups is 1. The maximum atomic E-state index is 14.6. The molecule has 2 atom stereocenters. The number of aromatic nitrogens is 3. The molecular weight excluding hydrogens is 400 g/mol. The van der Waals surface area contributed by atoms with E-state index in [-0.39, 0.29) is 17.4 Å². The smallest absolute Gasteiger partial charge is 0.282 e. The molecule has 0 aromatic carbocycles. The maximum Gasteiger partial charge on any atom is 0.282 e. The standard InChI is InChI=1S/C16H16F4N6O3/c1-22-16(21)29-10(4-17)13(20)14-8(19)2-3-11(25-14)26-15(27)9-5-24-12(6-23-9)28-7-18/h2-3,5-6,10,13H,4,7H2,1H3,(H2,21,22)(H,25,26,27)/t10-,13+/m1/s1. The number of carbonyl (C=O) groups is 1. The Kier molecular flexibility index (Phi) is 7.62. The van der Waals surface area contributed by atoms with Crippen LogP contribution in [-0.4, -0.2) is 53.6 Å². The van der Waals surface area contributed by atoms with Crippen molar-refractivity contribution in [2.24, 2.45) is 10.7 Å². The summed E-state index contributed by atoms with van der Waals surface area (Å²) in [5.74, 6) is -2.28. The Hall–Kier alpha value is -3.51. The van der Waals surface area contributed by atoms with Gasteiger partial charge in [-0.15, -0.1) is 0 Å². The number of ether oxygens (including phenoxy) is 2. The number of nitrogens with zero attached hydrogens (tertiary/aromatic N) is 4. The van der Waals surface area contributed by atoms with Crippen molar-refractivity contribution in [2.45, 2.75) is 12.3 Å². The van der Waals surface area contributed by atoms with Crippen molar-refractivity contribution in [3.8, 4) is 5.88 Å². The van der Waals surface area contributed by atoms with E-state index in [1.165, 1.54) is 7.05 Å². The predicted molar refractivity (Wildman–Crippen MR) is 93.0 cm³/mol. The van der Waals surface area contributed by atoms with Crippen molar-refractivity contribution >= 4 is 17.7 Å². The number of amides is 1. The summed E-state index contributed by atoms with van der Waals surface area (Å²) in [5, 5.41) is 2.26. The summed E-state index contributed by atoms with van der Waals surface area (Å²) >= 11 is 0. The summed E-state index contributed by atoms with van der Waals surface area (Å²) in [7, 11) is 1.24. The first kappa shape index (κ1) is 21.8. The quantitative estimate of drug-likeness (QED) is 0.382. The number of hydrogen-bond donors (Lipinski definition) is 2. The molecule has 0 radical (unpaired) electrons. The number of halogens is 4. The van der Waals surface area contributed by atoms with Gasteiger partial charge < -0.3 is 20.5 Å². The van der Waals surface area contributed by atoms with Crippen molar-refractivity contribution in [2.75, 3.05) is 25.9 Å². The zero-order valence-corrected chi connectivity index (χ0v) is 15.0. The molecule has 0 saturated heterocycles. The van der Waals surface area contributed by atoms with Crippen LogP contribution in [0.5, 0.6) is 5.88 Å². The van der Waals surface area contributed by atoms with Gasteiger partial charge in [-0.25, -0.2) is 37.5 Å². The summed E-state index contributed by atoms with van der Waals surface area (Å²) in [5.41, 5.74) is 4.28. The van der Waals surface area contributed by atoms with Crippen LogP contribution in [0.4, 0.5) is 23.4 Å². The molecule has 0 aliphatic heterocycles. The van der Waals surface area contributed by atoms with E-state index in [4.69, 9.17) is 10.5 Å². The van der Waals surface area contributed by atoms with E-state index in [0.717, 1.165) is 24.5 Å². The highest BCUT2D eigenvalue weighted by molar-refractivity contribution is 6.02. The molecule has 0 saturated carbocycles. The molecule has 29 heavy (non-hydrogen) atoms. The molecule has 0 spiro atoms. The molecule has 0 aliphatic rings. The summed E-state index contributed by atoms with van der Waals surface area (Å²) in [6.07, 6.45) is -2.12. The Morgan fingerprint density at radius 2 is 2.07 bits per heavy atom. The molecule has 2 heterocycles. The molecule has 2 aromatic rings. The molecule has 0 aliphatic carbocycles. The number of nitrogens with one attached hydrogen (secondary N) is 1. The molecule has 0 fully saturated rings. The number of rotatable bonds is 8. The highest BCUT2D eigenvalue weighted by atomic mass is 19.2. The third-order valence-electron chi connectivity index (χ3n) is 3.41. The van der Waals surface area contributed by atoms with Gasteiger partial charge >= 0.3 is 0 Å². The second kappa shape index (κ2) is 10.1. The molecule has 2 rings (SSSR count). The molecule has 156 valence electrons. The molecule has 2 aromatic heterocycles. The van der Waals surface area contributed by atoms with Gasteiger partial charge in [-0.2, -0.15) is 0 Å². The number of anilines is 1. The van der Waals surface area contributed by atoms with Crippen LogP contribution in [0.3, 0.4) is 0 Å². The van der Waals surface area contributed by atoms with Crippen molar-refractivity contribution in [3.63, 3.8) is 0 Å². The number of carbonyl (C=O) groups excluding carboxylic acids is 1. The van der Waals surface area contributed by atoms with Crippen molar-refractivity contribution in [1.82, 2.24) is 15.0 Å². The van der Waals surface area contributed by atoms with E-state index in [2.05, 4.69) is 30.0 Å². The number of alkyl halides is 3. The maximum absolute atomic E-state index is 14.6. The first-order chi connectivity index (χ1) is 13.9. The molecule has 3 N–H and O–H groups in total. The topological polar surface area (TPSA) is 125 Å². The summed E-state index contributed by atoms with van der Waals surface area (Å²) in [6.45, 7) is -2.45. The molecule has 0 unspecified atom stereocenters. The van der Waals surface area contributed by atoms with Crippen LogP contribution in [0.15, 0.2) is 29.5 Å². The second-order valence-electron chi connectivity index (χ2n) is 5.29. The Morgan fingerprint density at radius 1 is 1.31 bits per heavy atom. The van der Waals surface area contributed by atoms with Crippen LogP contribution >= 0.6 is 0 Å². The lowest BCUT2D eigenvalue weighted by Crippen LogP contribution is -2.30. The van der Waals surface area contributed by atoms with Crippen molar-refractivity contribution < 1.29 is 31.8 Å². The first-order valence-corrected chi connectivity index (χ1v) is 7.97. The highest BCUT2D eigenvalue weighted by Crippen LogP contribution is 2.26. The number of pyridine rings is 1. The third kappa shape index (κ3) is 5.73. The average molecular weight is 416 g/mol. The summed E-state index contributed by atoms with van der Waals surface area (Å²) in [4.78, 5) is 26.6. The highest BCUT2D eigenvalue weighted by Gasteiger charge is 2.30. The Morgan fingerprint density at radius 3 is 2.66 bits per heavy atom. The van der Waals surface area contributed by atoms with Crippen molar-refractivity contribution in [3.05, 3.63) is 41.7 Å². The summed E-state index contributed by atoms with van der Waals surface area (Å²) < 4.78 is 62.9. The van der Waals surface area contributed by atoms with Gasteiger partial charge in [-0.05, 0) is 12.1 Å². The molecule has 1 amide bonds. The fourth-order valence-corrected chi connectivity index (χ4v) is 2.02. The van der Waals surface area contributed by atoms with Gasteiger partial charge in [0.15, 0.2) is 12.3 Å². The van der Waals surface area contributed by atoms with Crippen LogP contribution in [0.1, 0.15) is 22.4 Å². The van der Waals surface area contributed by atoms with Gasteiger partial charge in [0, 0.05) is 7.05 Å². The van der Waals surface area contributed by atoms with Crippen LogP contribution in [-0.2, 0) is 4.74 Å². The second-order valence-corrected chi connectivity index (χ2v) is 5.29. The molecular formula is C16H16F4N6O3. The van der Waals surface area contributed by atoms with E-state index in [1.807, 2.05) is 0 Å². The van der Waals surface area contributed by atoms with E-state index < -0.39 is 49.3 Å². The van der Waals surface area contributed by atoms with Gasteiger partial charge in [-0.1, -0.05) is 0 Å². The van der Waals surface area contributed by atoms with Crippen LogP contribution in [0.25, 0.3) is 0 Å². The van der Waals surface area contributed by atoms with Crippen molar-refractivity contribution in [1.29, 1.82) is 0 Å². The van der Waals surface area contributed by atoms with E-state index in [9.17, 15) is 22.4 Å². The lowest BCUT2D eigenvalue weighted by molar-refractivity contribution is 0.0610. The minimum absolute atomic E-state index is 0.140. The molecule has 13 heteroatoms. The monoisotopic (exact) mass is 416 g/mol. The van der Waals surface area contributed by atoms with Gasteiger partial charge in [-0.3, -0.25) is 4.79 Å². The van der Waals surface area contributed by atoms with Crippen LogP contribution in [0.2, 0.25) is 0 Å². The lowest BCUT2D eigenvalue weighted by atomic mass is 10.1.